The van der Waals surface area contributed by atoms with Gasteiger partial charge in [-0.05, 0) is 40.4 Å². The second-order valence-electron chi connectivity index (χ2n) is 4.57. The summed E-state index contributed by atoms with van der Waals surface area (Å²) >= 11 is 0. The number of rotatable bonds is 5. The third kappa shape index (κ3) is 2.01. The molecule has 2 nitrogen and oxygen atoms in total. The minimum absolute atomic E-state index is 0.364. The van der Waals surface area contributed by atoms with Gasteiger partial charge in [0.15, 0.2) is 0 Å². The lowest BCUT2D eigenvalue weighted by Crippen LogP contribution is -2.56. The Morgan fingerprint density at radius 2 is 2.00 bits per heavy atom. The van der Waals surface area contributed by atoms with Gasteiger partial charge in [0.25, 0.3) is 0 Å². The first kappa shape index (κ1) is 11.7. The van der Waals surface area contributed by atoms with Gasteiger partial charge in [0.2, 0.25) is 0 Å². The summed E-state index contributed by atoms with van der Waals surface area (Å²) in [6, 6.07) is 0.553. The second-order valence-corrected chi connectivity index (χ2v) is 4.57. The van der Waals surface area contributed by atoms with Crippen LogP contribution in [0.15, 0.2) is 12.7 Å². The first-order chi connectivity index (χ1) is 6.67. The quantitative estimate of drug-likeness (QED) is 0.677. The summed E-state index contributed by atoms with van der Waals surface area (Å²) in [6.07, 6.45) is 8.47. The summed E-state index contributed by atoms with van der Waals surface area (Å²) in [5.74, 6) is 0. The summed E-state index contributed by atoms with van der Waals surface area (Å²) in [6.45, 7) is 3.85. The summed E-state index contributed by atoms with van der Waals surface area (Å²) in [5, 5.41) is 3.45. The van der Waals surface area contributed by atoms with Crippen LogP contribution in [0.25, 0.3) is 0 Å². The standard InChI is InChI=1S/C12H24N2/c1-5-8-11(13-2)12(14(3)4)9-6-7-10-12/h5,11,13H,1,6-10H2,2-4H3. The van der Waals surface area contributed by atoms with E-state index in [1.807, 2.05) is 6.08 Å². The van der Waals surface area contributed by atoms with Crippen LogP contribution in [-0.4, -0.2) is 37.6 Å². The number of nitrogens with one attached hydrogen (secondary N) is 1. The molecule has 0 aromatic heterocycles. The number of hydrogen-bond acceptors (Lipinski definition) is 2. The summed E-state index contributed by atoms with van der Waals surface area (Å²) in [4.78, 5) is 2.41. The van der Waals surface area contributed by atoms with E-state index in [4.69, 9.17) is 0 Å². The molecule has 1 unspecified atom stereocenters. The van der Waals surface area contributed by atoms with Crippen LogP contribution in [0.3, 0.4) is 0 Å². The van der Waals surface area contributed by atoms with Crippen LogP contribution >= 0.6 is 0 Å². The molecule has 0 radical (unpaired) electrons. The van der Waals surface area contributed by atoms with Crippen molar-refractivity contribution in [3.05, 3.63) is 12.7 Å². The van der Waals surface area contributed by atoms with E-state index in [0.29, 0.717) is 11.6 Å². The molecular formula is C12H24N2. The molecule has 1 atom stereocenters. The normalized spacial score (nSPS) is 22.6. The molecule has 1 rings (SSSR count). The van der Waals surface area contributed by atoms with E-state index in [1.165, 1.54) is 25.7 Å². The van der Waals surface area contributed by atoms with Gasteiger partial charge in [-0.2, -0.15) is 0 Å². The van der Waals surface area contributed by atoms with Crippen molar-refractivity contribution in [3.63, 3.8) is 0 Å². The van der Waals surface area contributed by atoms with Gasteiger partial charge in [0.1, 0.15) is 0 Å². The first-order valence-electron chi connectivity index (χ1n) is 5.63. The zero-order valence-electron chi connectivity index (χ0n) is 9.84. The molecule has 0 aliphatic heterocycles. The predicted octanol–water partition coefficient (Wildman–Crippen LogP) is 2.02. The highest BCUT2D eigenvalue weighted by atomic mass is 15.2. The number of hydrogen-bond donors (Lipinski definition) is 1. The van der Waals surface area contributed by atoms with E-state index < -0.39 is 0 Å². The predicted molar refractivity (Wildman–Crippen MR) is 62.5 cm³/mol. The van der Waals surface area contributed by atoms with E-state index >= 15 is 0 Å². The fraction of sp³-hybridized carbons (Fsp3) is 0.833. The third-order valence-corrected chi connectivity index (χ3v) is 3.76. The summed E-state index contributed by atoms with van der Waals surface area (Å²) in [7, 11) is 6.48. The van der Waals surface area contributed by atoms with Gasteiger partial charge in [-0.15, -0.1) is 6.58 Å². The minimum atomic E-state index is 0.364. The molecular weight excluding hydrogens is 172 g/mol. The minimum Gasteiger partial charge on any atom is -0.315 e. The van der Waals surface area contributed by atoms with Crippen molar-refractivity contribution in [2.75, 3.05) is 21.1 Å². The van der Waals surface area contributed by atoms with Crippen LogP contribution in [0, 0.1) is 0 Å². The van der Waals surface area contributed by atoms with Crippen molar-refractivity contribution in [3.8, 4) is 0 Å². The Morgan fingerprint density at radius 3 is 2.36 bits per heavy atom. The van der Waals surface area contributed by atoms with Crippen LogP contribution < -0.4 is 5.32 Å². The topological polar surface area (TPSA) is 15.3 Å². The molecule has 1 N–H and O–H groups in total. The molecule has 0 aromatic carbocycles. The second kappa shape index (κ2) is 4.94. The molecule has 0 heterocycles. The van der Waals surface area contributed by atoms with Crippen molar-refractivity contribution in [1.29, 1.82) is 0 Å². The fourth-order valence-electron chi connectivity index (χ4n) is 2.87. The summed E-state index contributed by atoms with van der Waals surface area (Å²) in [5.41, 5.74) is 0.364. The van der Waals surface area contributed by atoms with Gasteiger partial charge >= 0.3 is 0 Å². The SMILES string of the molecule is C=CCC(NC)C1(N(C)C)CCCC1. The maximum Gasteiger partial charge on any atom is 0.0359 e. The highest BCUT2D eigenvalue weighted by molar-refractivity contribution is 5.03. The molecule has 0 amide bonds. The van der Waals surface area contributed by atoms with E-state index in [-0.39, 0.29) is 0 Å². The maximum absolute atomic E-state index is 3.85. The lowest BCUT2D eigenvalue weighted by atomic mass is 9.85. The molecule has 1 aliphatic rings. The Bertz CT molecular complexity index is 181. The highest BCUT2D eigenvalue weighted by Gasteiger charge is 2.41. The Kier molecular flexibility index (Phi) is 4.14. The van der Waals surface area contributed by atoms with Gasteiger partial charge in [-0.1, -0.05) is 18.9 Å². The molecule has 1 aliphatic carbocycles. The zero-order valence-corrected chi connectivity index (χ0v) is 9.84. The van der Waals surface area contributed by atoms with Crippen LogP contribution in [0.1, 0.15) is 32.1 Å². The number of nitrogens with zero attached hydrogens (tertiary/aromatic N) is 1. The molecule has 0 spiro atoms. The van der Waals surface area contributed by atoms with Crippen LogP contribution in [-0.2, 0) is 0 Å². The lowest BCUT2D eigenvalue weighted by molar-refractivity contribution is 0.109. The smallest absolute Gasteiger partial charge is 0.0359 e. The van der Waals surface area contributed by atoms with Gasteiger partial charge in [-0.3, -0.25) is 0 Å². The Hall–Kier alpha value is -0.340. The Morgan fingerprint density at radius 1 is 1.43 bits per heavy atom. The Balaban J connectivity index is 2.78. The van der Waals surface area contributed by atoms with Crippen LogP contribution in [0.4, 0.5) is 0 Å². The van der Waals surface area contributed by atoms with Crippen molar-refractivity contribution < 1.29 is 0 Å². The third-order valence-electron chi connectivity index (χ3n) is 3.76. The van der Waals surface area contributed by atoms with E-state index in [9.17, 15) is 0 Å². The van der Waals surface area contributed by atoms with E-state index in [1.54, 1.807) is 0 Å². The van der Waals surface area contributed by atoms with Crippen LogP contribution in [0.2, 0.25) is 0 Å². The van der Waals surface area contributed by atoms with E-state index in [0.717, 1.165) is 6.42 Å². The van der Waals surface area contributed by atoms with Crippen LogP contribution in [0.5, 0.6) is 0 Å². The zero-order chi connectivity index (χ0) is 10.6. The van der Waals surface area contributed by atoms with Crippen molar-refractivity contribution in [1.82, 2.24) is 10.2 Å². The molecule has 0 aromatic rings. The molecule has 82 valence electrons. The molecule has 0 bridgehead atoms. The molecule has 0 saturated heterocycles. The average molecular weight is 196 g/mol. The van der Waals surface area contributed by atoms with Gasteiger partial charge in [0.05, 0.1) is 0 Å². The van der Waals surface area contributed by atoms with Gasteiger partial charge in [-0.25, -0.2) is 0 Å². The fourth-order valence-corrected chi connectivity index (χ4v) is 2.87. The molecule has 14 heavy (non-hydrogen) atoms. The molecule has 1 fully saturated rings. The van der Waals surface area contributed by atoms with Gasteiger partial charge in [0, 0.05) is 11.6 Å². The molecule has 2 heteroatoms. The van der Waals surface area contributed by atoms with Gasteiger partial charge < -0.3 is 10.2 Å². The Labute approximate surface area is 88.4 Å². The van der Waals surface area contributed by atoms with E-state index in [2.05, 4.69) is 37.9 Å². The average Bonchev–Trinajstić information content (AvgIpc) is 2.64. The van der Waals surface area contributed by atoms with Crippen molar-refractivity contribution in [2.24, 2.45) is 0 Å². The van der Waals surface area contributed by atoms with Crippen molar-refractivity contribution in [2.45, 2.75) is 43.7 Å². The monoisotopic (exact) mass is 196 g/mol. The maximum atomic E-state index is 3.85. The summed E-state index contributed by atoms with van der Waals surface area (Å²) < 4.78 is 0. The lowest BCUT2D eigenvalue weighted by Gasteiger charge is -2.43. The largest absolute Gasteiger partial charge is 0.315 e. The van der Waals surface area contributed by atoms with Crippen molar-refractivity contribution >= 4 is 0 Å². The first-order valence-corrected chi connectivity index (χ1v) is 5.63. The highest BCUT2D eigenvalue weighted by Crippen LogP contribution is 2.37. The molecule has 1 saturated carbocycles. The number of likely N-dealkylation sites (N-methyl/N-ethyl adjacent to an activating group) is 2.